The molecular formula is C14H18N2. The van der Waals surface area contributed by atoms with Crippen molar-refractivity contribution in [3.05, 3.63) is 35.5 Å². The summed E-state index contributed by atoms with van der Waals surface area (Å²) in [7, 11) is 4.13. The number of aromatic nitrogens is 1. The molecule has 1 aromatic heterocycles. The number of hydrogen-bond acceptors (Lipinski definition) is 2. The summed E-state index contributed by atoms with van der Waals surface area (Å²) >= 11 is 0. The quantitative estimate of drug-likeness (QED) is 0.763. The molecule has 1 aromatic carbocycles. The molecule has 0 aliphatic heterocycles. The van der Waals surface area contributed by atoms with Gasteiger partial charge in [0.2, 0.25) is 0 Å². The van der Waals surface area contributed by atoms with Gasteiger partial charge in [-0.05, 0) is 42.7 Å². The largest absolute Gasteiger partial charge is 0.378 e. The Morgan fingerprint density at radius 1 is 1.25 bits per heavy atom. The predicted molar refractivity (Wildman–Crippen MR) is 70.2 cm³/mol. The Morgan fingerprint density at radius 3 is 2.62 bits per heavy atom. The van der Waals surface area contributed by atoms with E-state index in [-0.39, 0.29) is 0 Å². The van der Waals surface area contributed by atoms with Crippen molar-refractivity contribution in [2.24, 2.45) is 0 Å². The van der Waals surface area contributed by atoms with Gasteiger partial charge in [0.1, 0.15) is 0 Å². The highest BCUT2D eigenvalue weighted by atomic mass is 15.1. The van der Waals surface area contributed by atoms with Crippen LogP contribution in [0.2, 0.25) is 0 Å². The maximum Gasteiger partial charge on any atom is 0.0706 e. The predicted octanol–water partition coefficient (Wildman–Crippen LogP) is 3.17. The molecule has 0 saturated carbocycles. The molecular weight excluding hydrogens is 196 g/mol. The van der Waals surface area contributed by atoms with Gasteiger partial charge in [0.05, 0.1) is 5.52 Å². The number of nitrogens with zero attached hydrogens (tertiary/aromatic N) is 2. The van der Waals surface area contributed by atoms with Crippen molar-refractivity contribution in [1.29, 1.82) is 0 Å². The van der Waals surface area contributed by atoms with E-state index in [1.54, 1.807) is 0 Å². The fourth-order valence-electron chi connectivity index (χ4n) is 2.08. The summed E-state index contributed by atoms with van der Waals surface area (Å²) in [5.41, 5.74) is 5.02. The van der Waals surface area contributed by atoms with Crippen molar-refractivity contribution >= 4 is 16.6 Å². The van der Waals surface area contributed by atoms with E-state index >= 15 is 0 Å². The zero-order chi connectivity index (χ0) is 11.7. The summed E-state index contributed by atoms with van der Waals surface area (Å²) < 4.78 is 0. The summed E-state index contributed by atoms with van der Waals surface area (Å²) in [6.07, 6.45) is 3.03. The molecule has 16 heavy (non-hydrogen) atoms. The fourth-order valence-corrected chi connectivity index (χ4v) is 2.08. The molecule has 2 nitrogen and oxygen atoms in total. The number of hydrogen-bond donors (Lipinski definition) is 0. The molecule has 0 atom stereocenters. The molecule has 84 valence electrons. The summed E-state index contributed by atoms with van der Waals surface area (Å²) in [5, 5.41) is 1.29. The van der Waals surface area contributed by atoms with Crippen LogP contribution in [0.4, 0.5) is 5.69 Å². The van der Waals surface area contributed by atoms with Gasteiger partial charge in [-0.3, -0.25) is 4.98 Å². The molecule has 0 fully saturated rings. The summed E-state index contributed by atoms with van der Waals surface area (Å²) in [6, 6.07) is 6.45. The van der Waals surface area contributed by atoms with Crippen molar-refractivity contribution < 1.29 is 0 Å². The summed E-state index contributed by atoms with van der Waals surface area (Å²) in [5.74, 6) is 0. The zero-order valence-corrected chi connectivity index (χ0v) is 10.4. The molecule has 2 rings (SSSR count). The number of aryl methyl sites for hydroxylation is 2. The van der Waals surface area contributed by atoms with E-state index in [1.807, 2.05) is 6.20 Å². The minimum atomic E-state index is 1.06. The first-order valence-corrected chi connectivity index (χ1v) is 5.69. The van der Waals surface area contributed by atoms with Crippen molar-refractivity contribution in [2.75, 3.05) is 19.0 Å². The Morgan fingerprint density at radius 2 is 2.00 bits per heavy atom. The van der Waals surface area contributed by atoms with Crippen LogP contribution < -0.4 is 4.90 Å². The van der Waals surface area contributed by atoms with E-state index < -0.39 is 0 Å². The fraction of sp³-hybridized carbons (Fsp3) is 0.357. The van der Waals surface area contributed by atoms with E-state index in [0.29, 0.717) is 0 Å². The monoisotopic (exact) mass is 214 g/mol. The first-order chi connectivity index (χ1) is 7.63. The Balaban J connectivity index is 2.73. The lowest BCUT2D eigenvalue weighted by molar-refractivity contribution is 1.10. The maximum absolute atomic E-state index is 4.47. The Kier molecular flexibility index (Phi) is 2.82. The standard InChI is InChI=1S/C14H18N2/c1-5-12-10(2)9-15-14-7-6-11(16(3)4)8-13(12)14/h6-9H,5H2,1-4H3. The topological polar surface area (TPSA) is 16.1 Å². The number of anilines is 1. The first-order valence-electron chi connectivity index (χ1n) is 5.69. The molecule has 0 aliphatic carbocycles. The number of rotatable bonds is 2. The van der Waals surface area contributed by atoms with Crippen LogP contribution in [0.15, 0.2) is 24.4 Å². The van der Waals surface area contributed by atoms with Gasteiger partial charge in [-0.2, -0.15) is 0 Å². The third-order valence-corrected chi connectivity index (χ3v) is 3.05. The molecule has 0 unspecified atom stereocenters. The molecule has 1 heterocycles. The Labute approximate surface area is 96.9 Å². The molecule has 0 saturated heterocycles. The molecule has 2 heteroatoms. The number of fused-ring (bicyclic) bond motifs is 1. The van der Waals surface area contributed by atoms with Crippen LogP contribution in [0.5, 0.6) is 0 Å². The molecule has 0 radical (unpaired) electrons. The van der Waals surface area contributed by atoms with Crippen molar-refractivity contribution in [3.8, 4) is 0 Å². The van der Waals surface area contributed by atoms with Gasteiger partial charge < -0.3 is 4.90 Å². The normalized spacial score (nSPS) is 10.8. The highest BCUT2D eigenvalue weighted by Gasteiger charge is 2.05. The van der Waals surface area contributed by atoms with Crippen LogP contribution >= 0.6 is 0 Å². The minimum Gasteiger partial charge on any atom is -0.378 e. The average molecular weight is 214 g/mol. The molecule has 0 bridgehead atoms. The molecule has 0 N–H and O–H groups in total. The average Bonchev–Trinajstić information content (AvgIpc) is 2.28. The second-order valence-corrected chi connectivity index (χ2v) is 4.37. The molecule has 0 spiro atoms. The third-order valence-electron chi connectivity index (χ3n) is 3.05. The highest BCUT2D eigenvalue weighted by Crippen LogP contribution is 2.25. The summed E-state index contributed by atoms with van der Waals surface area (Å²) in [4.78, 5) is 6.60. The van der Waals surface area contributed by atoms with Crippen LogP contribution in [0.3, 0.4) is 0 Å². The second kappa shape index (κ2) is 4.12. The van der Waals surface area contributed by atoms with E-state index in [4.69, 9.17) is 0 Å². The van der Waals surface area contributed by atoms with Gasteiger partial charge in [0.25, 0.3) is 0 Å². The van der Waals surface area contributed by atoms with E-state index in [1.165, 1.54) is 22.2 Å². The minimum absolute atomic E-state index is 1.06. The van der Waals surface area contributed by atoms with Gasteiger partial charge in [0.15, 0.2) is 0 Å². The van der Waals surface area contributed by atoms with Gasteiger partial charge in [0, 0.05) is 31.4 Å². The van der Waals surface area contributed by atoms with Crippen molar-refractivity contribution in [1.82, 2.24) is 4.98 Å². The Hall–Kier alpha value is -1.57. The van der Waals surface area contributed by atoms with Gasteiger partial charge in [-0.1, -0.05) is 6.92 Å². The smallest absolute Gasteiger partial charge is 0.0706 e. The van der Waals surface area contributed by atoms with E-state index in [0.717, 1.165) is 11.9 Å². The maximum atomic E-state index is 4.47. The van der Waals surface area contributed by atoms with Crippen LogP contribution in [0.25, 0.3) is 10.9 Å². The molecule has 0 aliphatic rings. The first kappa shape index (κ1) is 10.9. The number of benzene rings is 1. The SMILES string of the molecule is CCc1c(C)cnc2ccc(N(C)C)cc12. The lowest BCUT2D eigenvalue weighted by Gasteiger charge is -2.14. The molecule has 0 amide bonds. The van der Waals surface area contributed by atoms with Crippen LogP contribution in [0.1, 0.15) is 18.1 Å². The highest BCUT2D eigenvalue weighted by molar-refractivity contribution is 5.86. The lowest BCUT2D eigenvalue weighted by Crippen LogP contribution is -2.08. The number of pyridine rings is 1. The molecule has 2 aromatic rings. The third kappa shape index (κ3) is 1.75. The van der Waals surface area contributed by atoms with Crippen LogP contribution in [-0.4, -0.2) is 19.1 Å². The second-order valence-electron chi connectivity index (χ2n) is 4.37. The lowest BCUT2D eigenvalue weighted by atomic mass is 10.0. The van der Waals surface area contributed by atoms with Crippen molar-refractivity contribution in [3.63, 3.8) is 0 Å². The van der Waals surface area contributed by atoms with Crippen LogP contribution in [-0.2, 0) is 6.42 Å². The van der Waals surface area contributed by atoms with E-state index in [2.05, 4.69) is 56.0 Å². The zero-order valence-electron chi connectivity index (χ0n) is 10.4. The van der Waals surface area contributed by atoms with Crippen LogP contribution in [0, 0.1) is 6.92 Å². The van der Waals surface area contributed by atoms with Gasteiger partial charge in [-0.15, -0.1) is 0 Å². The van der Waals surface area contributed by atoms with Gasteiger partial charge in [-0.25, -0.2) is 0 Å². The van der Waals surface area contributed by atoms with Gasteiger partial charge >= 0.3 is 0 Å². The summed E-state index contributed by atoms with van der Waals surface area (Å²) in [6.45, 7) is 4.33. The Bertz CT molecular complexity index is 515. The van der Waals surface area contributed by atoms with Crippen molar-refractivity contribution in [2.45, 2.75) is 20.3 Å². The van der Waals surface area contributed by atoms with E-state index in [9.17, 15) is 0 Å².